The van der Waals surface area contributed by atoms with Gasteiger partial charge in [-0.3, -0.25) is 0 Å². The molecule has 1 aromatic heterocycles. The summed E-state index contributed by atoms with van der Waals surface area (Å²) in [6.07, 6.45) is 15.7. The van der Waals surface area contributed by atoms with Crippen molar-refractivity contribution in [3.63, 3.8) is 0 Å². The molecule has 0 spiro atoms. The minimum atomic E-state index is -0.436. The normalized spacial score (nSPS) is 12.7. The SMILES string of the molecule is CCCCCC=CCC(O)C=Cc1ccc[c-]n1.[Na+]. The monoisotopic (exact) mass is 267 g/mol. The van der Waals surface area contributed by atoms with Crippen molar-refractivity contribution in [3.8, 4) is 0 Å². The zero-order valence-electron chi connectivity index (χ0n) is 12.0. The number of hydrogen-bond acceptors (Lipinski definition) is 2. The van der Waals surface area contributed by atoms with E-state index in [1.165, 1.54) is 19.3 Å². The fourth-order valence-corrected chi connectivity index (χ4v) is 1.59. The van der Waals surface area contributed by atoms with E-state index in [0.29, 0.717) is 6.42 Å². The topological polar surface area (TPSA) is 33.1 Å². The van der Waals surface area contributed by atoms with Crippen molar-refractivity contribution in [1.29, 1.82) is 0 Å². The summed E-state index contributed by atoms with van der Waals surface area (Å²) < 4.78 is 0. The van der Waals surface area contributed by atoms with Crippen molar-refractivity contribution in [3.05, 3.63) is 48.3 Å². The van der Waals surface area contributed by atoms with Gasteiger partial charge < -0.3 is 10.1 Å². The van der Waals surface area contributed by atoms with Gasteiger partial charge in [-0.1, -0.05) is 56.0 Å². The Labute approximate surface area is 138 Å². The van der Waals surface area contributed by atoms with Crippen molar-refractivity contribution >= 4 is 6.08 Å². The van der Waals surface area contributed by atoms with E-state index in [2.05, 4.69) is 30.3 Å². The average molecular weight is 267 g/mol. The number of unbranched alkanes of at least 4 members (excludes halogenated alkanes) is 3. The maximum Gasteiger partial charge on any atom is 1.00 e. The Balaban J connectivity index is 0.00000324. The maximum atomic E-state index is 9.74. The van der Waals surface area contributed by atoms with Crippen LogP contribution in [-0.2, 0) is 0 Å². The van der Waals surface area contributed by atoms with Crippen LogP contribution in [-0.4, -0.2) is 16.2 Å². The Bertz CT molecular complexity index is 362. The van der Waals surface area contributed by atoms with Crippen LogP contribution in [0.5, 0.6) is 0 Å². The van der Waals surface area contributed by atoms with Gasteiger partial charge >= 0.3 is 29.6 Å². The Morgan fingerprint density at radius 1 is 1.37 bits per heavy atom. The molecule has 98 valence electrons. The molecule has 0 bridgehead atoms. The quantitative estimate of drug-likeness (QED) is 0.327. The second-order valence-corrected chi connectivity index (χ2v) is 4.32. The second kappa shape index (κ2) is 12.6. The number of rotatable bonds is 8. The van der Waals surface area contributed by atoms with Gasteiger partial charge in [-0.2, -0.15) is 12.1 Å². The third-order valence-corrected chi connectivity index (χ3v) is 2.64. The Hall–Kier alpha value is -0.410. The first-order valence-corrected chi connectivity index (χ1v) is 6.67. The number of aliphatic hydroxyl groups excluding tert-OH is 1. The number of aliphatic hydroxyl groups is 1. The molecule has 1 N–H and O–H groups in total. The standard InChI is InChI=1S/C16H22NO.Na/c1-2-3-4-5-6-7-11-16(18)13-12-15-10-8-9-14-17-15;/h6-10,12-13,16,18H,2-5,11H2,1H3;/q-1;+1. The molecule has 1 aromatic rings. The van der Waals surface area contributed by atoms with Gasteiger partial charge in [-0.25, -0.2) is 0 Å². The average Bonchev–Trinajstić information content (AvgIpc) is 2.41. The van der Waals surface area contributed by atoms with Crippen molar-refractivity contribution in [2.75, 3.05) is 0 Å². The molecule has 0 aliphatic rings. The van der Waals surface area contributed by atoms with Crippen molar-refractivity contribution in [2.24, 2.45) is 0 Å². The fraction of sp³-hybridized carbons (Fsp3) is 0.438. The summed E-state index contributed by atoms with van der Waals surface area (Å²) in [4.78, 5) is 4.04. The third-order valence-electron chi connectivity index (χ3n) is 2.64. The molecule has 1 rings (SSSR count). The predicted octanol–water partition coefficient (Wildman–Crippen LogP) is 0.786. The first-order valence-electron chi connectivity index (χ1n) is 6.67. The number of aromatic nitrogens is 1. The molecule has 0 amide bonds. The fourth-order valence-electron chi connectivity index (χ4n) is 1.59. The molecule has 0 saturated carbocycles. The van der Waals surface area contributed by atoms with E-state index in [0.717, 1.165) is 12.1 Å². The van der Waals surface area contributed by atoms with Crippen LogP contribution in [0.2, 0.25) is 0 Å². The molecule has 2 nitrogen and oxygen atoms in total. The van der Waals surface area contributed by atoms with Crippen LogP contribution < -0.4 is 29.6 Å². The van der Waals surface area contributed by atoms with Crippen molar-refractivity contribution < 1.29 is 34.7 Å². The summed E-state index contributed by atoms with van der Waals surface area (Å²) in [6, 6.07) is 5.53. The van der Waals surface area contributed by atoms with Crippen LogP contribution in [0.25, 0.3) is 6.08 Å². The second-order valence-electron chi connectivity index (χ2n) is 4.32. The van der Waals surface area contributed by atoms with Crippen LogP contribution in [0, 0.1) is 6.20 Å². The van der Waals surface area contributed by atoms with Gasteiger partial charge in [0.15, 0.2) is 0 Å². The van der Waals surface area contributed by atoms with Gasteiger partial charge in [-0.15, -0.1) is 6.07 Å². The number of hydrogen-bond donors (Lipinski definition) is 1. The van der Waals surface area contributed by atoms with Crippen LogP contribution in [0.1, 0.15) is 44.7 Å². The summed E-state index contributed by atoms with van der Waals surface area (Å²) in [7, 11) is 0. The van der Waals surface area contributed by atoms with Gasteiger partial charge in [0, 0.05) is 0 Å². The molecule has 0 aromatic carbocycles. The predicted molar refractivity (Wildman–Crippen MR) is 76.0 cm³/mol. The first-order chi connectivity index (χ1) is 8.83. The zero-order chi connectivity index (χ0) is 13.1. The largest absolute Gasteiger partial charge is 1.00 e. The zero-order valence-corrected chi connectivity index (χ0v) is 14.0. The van der Waals surface area contributed by atoms with E-state index in [1.54, 1.807) is 12.1 Å². The smallest absolute Gasteiger partial charge is 0.389 e. The van der Waals surface area contributed by atoms with Crippen molar-refractivity contribution in [1.82, 2.24) is 4.98 Å². The van der Waals surface area contributed by atoms with Crippen LogP contribution >= 0.6 is 0 Å². The molecule has 0 aliphatic carbocycles. The van der Waals surface area contributed by atoms with E-state index >= 15 is 0 Å². The molecular formula is C16H22NNaO. The molecule has 0 saturated heterocycles. The summed E-state index contributed by atoms with van der Waals surface area (Å²) in [5.74, 6) is 0. The van der Waals surface area contributed by atoms with E-state index in [4.69, 9.17) is 0 Å². The number of nitrogens with zero attached hydrogens (tertiary/aromatic N) is 1. The summed E-state index contributed by atoms with van der Waals surface area (Å²) >= 11 is 0. The van der Waals surface area contributed by atoms with Crippen LogP contribution in [0.4, 0.5) is 0 Å². The Morgan fingerprint density at radius 3 is 2.89 bits per heavy atom. The van der Waals surface area contributed by atoms with Gasteiger partial charge in [0.25, 0.3) is 0 Å². The van der Waals surface area contributed by atoms with Crippen LogP contribution in [0.15, 0.2) is 36.4 Å². The molecule has 0 radical (unpaired) electrons. The summed E-state index contributed by atoms with van der Waals surface area (Å²) in [6.45, 7) is 2.20. The van der Waals surface area contributed by atoms with E-state index in [1.807, 2.05) is 18.2 Å². The summed E-state index contributed by atoms with van der Waals surface area (Å²) in [5.41, 5.74) is 0.823. The van der Waals surface area contributed by atoms with Crippen LogP contribution in [0.3, 0.4) is 0 Å². The molecule has 1 atom stereocenters. The summed E-state index contributed by atoms with van der Waals surface area (Å²) in [5, 5.41) is 9.74. The Kier molecular flexibility index (Phi) is 12.3. The molecular weight excluding hydrogens is 245 g/mol. The molecule has 3 heteroatoms. The van der Waals surface area contributed by atoms with Gasteiger partial charge in [0.2, 0.25) is 0 Å². The van der Waals surface area contributed by atoms with E-state index < -0.39 is 6.10 Å². The minimum absolute atomic E-state index is 0. The van der Waals surface area contributed by atoms with Gasteiger partial charge in [0.05, 0.1) is 6.10 Å². The van der Waals surface area contributed by atoms with E-state index in [-0.39, 0.29) is 29.6 Å². The molecule has 19 heavy (non-hydrogen) atoms. The van der Waals surface area contributed by atoms with Crippen molar-refractivity contribution in [2.45, 2.75) is 45.1 Å². The first kappa shape index (κ1) is 18.6. The van der Waals surface area contributed by atoms with Gasteiger partial charge in [-0.05, 0) is 19.3 Å². The molecule has 1 unspecified atom stereocenters. The van der Waals surface area contributed by atoms with Gasteiger partial charge in [0.1, 0.15) is 0 Å². The molecule has 0 fully saturated rings. The minimum Gasteiger partial charge on any atom is -0.389 e. The Morgan fingerprint density at radius 2 is 2.21 bits per heavy atom. The maximum absolute atomic E-state index is 9.74. The number of pyridine rings is 1. The number of allylic oxidation sites excluding steroid dienone is 1. The van der Waals surface area contributed by atoms with E-state index in [9.17, 15) is 5.11 Å². The molecule has 1 heterocycles. The third kappa shape index (κ3) is 10.1. The molecule has 0 aliphatic heterocycles.